The number of fused-ring (bicyclic) bond motifs is 1. The minimum absolute atomic E-state index is 0.0367. The van der Waals surface area contributed by atoms with Gasteiger partial charge in [-0.25, -0.2) is 4.79 Å². The zero-order valence-electron chi connectivity index (χ0n) is 15.6. The van der Waals surface area contributed by atoms with E-state index in [1.807, 2.05) is 6.07 Å². The van der Waals surface area contributed by atoms with Crippen molar-refractivity contribution in [2.45, 2.75) is 13.2 Å². The van der Waals surface area contributed by atoms with Crippen molar-refractivity contribution in [1.29, 1.82) is 0 Å². The Morgan fingerprint density at radius 2 is 1.83 bits per heavy atom. The van der Waals surface area contributed by atoms with E-state index in [4.69, 9.17) is 13.9 Å². The van der Waals surface area contributed by atoms with Crippen molar-refractivity contribution in [3.05, 3.63) is 88.9 Å². The highest BCUT2D eigenvalue weighted by Gasteiger charge is 2.36. The van der Waals surface area contributed by atoms with Crippen LogP contribution in [0.1, 0.15) is 42.4 Å². The van der Waals surface area contributed by atoms with E-state index in [2.05, 4.69) is 0 Å². The Morgan fingerprint density at radius 3 is 2.59 bits per heavy atom. The largest absolute Gasteiger partial charge is 0.497 e. The Bertz CT molecular complexity index is 1090. The number of ether oxygens (including phenoxy) is 2. The Morgan fingerprint density at radius 1 is 1.00 bits per heavy atom. The summed E-state index contributed by atoms with van der Waals surface area (Å²) in [6, 6.07) is 14.9. The lowest BCUT2D eigenvalue weighted by Gasteiger charge is -2.11. The predicted octanol–water partition coefficient (Wildman–Crippen LogP) is 3.44. The fourth-order valence-electron chi connectivity index (χ4n) is 3.11. The van der Waals surface area contributed by atoms with Gasteiger partial charge in [0.15, 0.2) is 0 Å². The van der Waals surface area contributed by atoms with Crippen LogP contribution >= 0.6 is 0 Å². The highest BCUT2D eigenvalue weighted by molar-refractivity contribution is 6.21. The van der Waals surface area contributed by atoms with Crippen LogP contribution in [-0.4, -0.2) is 29.8 Å². The van der Waals surface area contributed by atoms with Crippen LogP contribution in [-0.2, 0) is 17.9 Å². The van der Waals surface area contributed by atoms with Crippen molar-refractivity contribution in [2.24, 2.45) is 0 Å². The molecule has 0 atom stereocenters. The molecule has 0 N–H and O–H groups in total. The van der Waals surface area contributed by atoms with Gasteiger partial charge >= 0.3 is 5.97 Å². The zero-order valence-corrected chi connectivity index (χ0v) is 15.6. The first-order valence-electron chi connectivity index (χ1n) is 8.89. The molecule has 0 saturated carbocycles. The molecule has 0 fully saturated rings. The van der Waals surface area contributed by atoms with E-state index in [0.717, 1.165) is 10.5 Å². The smallest absolute Gasteiger partial charge is 0.338 e. The van der Waals surface area contributed by atoms with Crippen molar-refractivity contribution in [2.75, 3.05) is 7.11 Å². The summed E-state index contributed by atoms with van der Waals surface area (Å²) in [5, 5.41) is 0. The highest BCUT2D eigenvalue weighted by atomic mass is 16.5. The molecule has 0 spiro atoms. The summed E-state index contributed by atoms with van der Waals surface area (Å²) in [5.41, 5.74) is 1.41. The molecule has 2 heterocycles. The Kier molecular flexibility index (Phi) is 4.87. The average Bonchev–Trinajstić information content (AvgIpc) is 3.35. The van der Waals surface area contributed by atoms with Crippen LogP contribution in [0.25, 0.3) is 0 Å². The molecular weight excluding hydrogens is 374 g/mol. The van der Waals surface area contributed by atoms with Crippen molar-refractivity contribution in [3.63, 3.8) is 0 Å². The molecular formula is C22H17NO6. The summed E-state index contributed by atoms with van der Waals surface area (Å²) in [6.07, 6.45) is 1.48. The number of furan rings is 1. The van der Waals surface area contributed by atoms with Crippen molar-refractivity contribution >= 4 is 17.8 Å². The van der Waals surface area contributed by atoms with Gasteiger partial charge in [-0.1, -0.05) is 12.1 Å². The van der Waals surface area contributed by atoms with Gasteiger partial charge in [0, 0.05) is 0 Å². The third-order valence-electron chi connectivity index (χ3n) is 4.60. The van der Waals surface area contributed by atoms with Gasteiger partial charge in [0.2, 0.25) is 0 Å². The maximum Gasteiger partial charge on any atom is 0.338 e. The maximum absolute atomic E-state index is 12.7. The van der Waals surface area contributed by atoms with Crippen LogP contribution in [0.3, 0.4) is 0 Å². The lowest BCUT2D eigenvalue weighted by atomic mass is 10.1. The number of nitrogens with zero attached hydrogens (tertiary/aromatic N) is 1. The van der Waals surface area contributed by atoms with Gasteiger partial charge in [0.05, 0.1) is 36.6 Å². The van der Waals surface area contributed by atoms with Gasteiger partial charge in [-0.2, -0.15) is 0 Å². The first-order chi connectivity index (χ1) is 14.1. The fraction of sp³-hybridized carbons (Fsp3) is 0.136. The van der Waals surface area contributed by atoms with Gasteiger partial charge in [0.1, 0.15) is 18.1 Å². The van der Waals surface area contributed by atoms with E-state index in [0.29, 0.717) is 11.5 Å². The van der Waals surface area contributed by atoms with Crippen molar-refractivity contribution in [1.82, 2.24) is 4.90 Å². The molecule has 0 unspecified atom stereocenters. The topological polar surface area (TPSA) is 86.1 Å². The summed E-state index contributed by atoms with van der Waals surface area (Å²) in [7, 11) is 1.56. The van der Waals surface area contributed by atoms with Crippen LogP contribution in [0.2, 0.25) is 0 Å². The van der Waals surface area contributed by atoms with Crippen LogP contribution < -0.4 is 4.74 Å². The molecule has 0 aliphatic carbocycles. The predicted molar refractivity (Wildman–Crippen MR) is 101 cm³/mol. The number of hydrogen-bond acceptors (Lipinski definition) is 6. The summed E-state index contributed by atoms with van der Waals surface area (Å²) in [4.78, 5) is 38.7. The molecule has 29 heavy (non-hydrogen) atoms. The molecule has 3 aromatic rings. The van der Waals surface area contributed by atoms with E-state index in [9.17, 15) is 14.4 Å². The monoisotopic (exact) mass is 391 g/mol. The number of imide groups is 1. The quantitative estimate of drug-likeness (QED) is 0.473. The van der Waals surface area contributed by atoms with Crippen LogP contribution in [0.4, 0.5) is 0 Å². The number of hydrogen-bond donors (Lipinski definition) is 0. The molecule has 4 rings (SSSR count). The third kappa shape index (κ3) is 3.62. The minimum Gasteiger partial charge on any atom is -0.497 e. The molecule has 1 aliphatic rings. The first-order valence-corrected chi connectivity index (χ1v) is 8.89. The zero-order chi connectivity index (χ0) is 20.4. The number of methoxy groups -OCH3 is 1. The van der Waals surface area contributed by atoms with Crippen molar-refractivity contribution in [3.8, 4) is 5.75 Å². The first kappa shape index (κ1) is 18.5. The van der Waals surface area contributed by atoms with E-state index in [1.54, 1.807) is 37.4 Å². The minimum atomic E-state index is -0.583. The molecule has 1 aromatic heterocycles. The second-order valence-electron chi connectivity index (χ2n) is 6.46. The second-order valence-corrected chi connectivity index (χ2v) is 6.46. The molecule has 7 heteroatoms. The summed E-state index contributed by atoms with van der Waals surface area (Å²) in [5.74, 6) is -0.309. The van der Waals surface area contributed by atoms with Crippen molar-refractivity contribution < 1.29 is 28.3 Å². The lowest BCUT2D eigenvalue weighted by molar-refractivity contribution is 0.0472. The van der Waals surface area contributed by atoms with Gasteiger partial charge in [-0.05, 0) is 48.0 Å². The van der Waals surface area contributed by atoms with Gasteiger partial charge in [-0.15, -0.1) is 0 Å². The molecule has 2 amide bonds. The van der Waals surface area contributed by atoms with Crippen LogP contribution in [0.15, 0.2) is 65.3 Å². The fourth-order valence-corrected chi connectivity index (χ4v) is 3.11. The number of esters is 1. The Labute approximate surface area is 166 Å². The Hall–Kier alpha value is -3.87. The lowest BCUT2D eigenvalue weighted by Crippen LogP contribution is -2.28. The summed E-state index contributed by atoms with van der Waals surface area (Å²) in [6.45, 7) is 0.0968. The second kappa shape index (κ2) is 7.63. The number of carbonyl (C=O) groups excluding carboxylic acids is 3. The number of amides is 2. The molecule has 0 bridgehead atoms. The SMILES string of the molecule is COc1cccc(COC(=O)c2ccc3c(c2)C(=O)N(Cc2ccco2)C3=O)c1. The number of benzene rings is 2. The molecule has 1 aliphatic heterocycles. The maximum atomic E-state index is 12.7. The molecule has 2 aromatic carbocycles. The molecule has 7 nitrogen and oxygen atoms in total. The van der Waals surface area contributed by atoms with E-state index >= 15 is 0 Å². The summed E-state index contributed by atoms with van der Waals surface area (Å²) < 4.78 is 15.7. The van der Waals surface area contributed by atoms with E-state index in [1.165, 1.54) is 24.5 Å². The van der Waals surface area contributed by atoms with E-state index < -0.39 is 17.8 Å². The standard InChI is InChI=1S/C22H17NO6/c1-27-16-5-2-4-14(10-16)13-29-22(26)15-7-8-18-19(11-15)21(25)23(20(18)24)12-17-6-3-9-28-17/h2-11H,12-13H2,1H3. The number of carbonyl (C=O) groups is 3. The number of rotatable bonds is 6. The molecule has 0 saturated heterocycles. The van der Waals surface area contributed by atoms with Gasteiger partial charge in [0.25, 0.3) is 11.8 Å². The normalized spacial score (nSPS) is 12.8. The molecule has 0 radical (unpaired) electrons. The van der Waals surface area contributed by atoms with Crippen LogP contribution in [0.5, 0.6) is 5.75 Å². The van der Waals surface area contributed by atoms with Gasteiger partial charge in [-0.3, -0.25) is 14.5 Å². The highest BCUT2D eigenvalue weighted by Crippen LogP contribution is 2.26. The summed E-state index contributed by atoms with van der Waals surface area (Å²) >= 11 is 0. The molecule has 146 valence electrons. The van der Waals surface area contributed by atoms with Gasteiger partial charge < -0.3 is 13.9 Å². The third-order valence-corrected chi connectivity index (χ3v) is 4.60. The van der Waals surface area contributed by atoms with E-state index in [-0.39, 0.29) is 29.8 Å². The van der Waals surface area contributed by atoms with Crippen LogP contribution in [0, 0.1) is 0 Å². The Balaban J connectivity index is 1.48. The average molecular weight is 391 g/mol.